The number of hydrogen-bond donors (Lipinski definition) is 3. The third-order valence-electron chi connectivity index (χ3n) is 6.04. The largest absolute Gasteiger partial charge is 0.506 e. The number of nitrogens with zero attached hydrogens (tertiary/aromatic N) is 1. The number of aromatic hydroxyl groups is 1. The van der Waals surface area contributed by atoms with Crippen molar-refractivity contribution in [1.82, 2.24) is 15.2 Å². The lowest BCUT2D eigenvalue weighted by Gasteiger charge is -2.22. The summed E-state index contributed by atoms with van der Waals surface area (Å²) in [6.07, 6.45) is 0.279. The van der Waals surface area contributed by atoms with Crippen LogP contribution in [0.15, 0.2) is 18.2 Å². The predicted molar refractivity (Wildman–Crippen MR) is 146 cm³/mol. The second-order valence-electron chi connectivity index (χ2n) is 9.25. The second-order valence-corrected chi connectivity index (χ2v) is 11.6. The van der Waals surface area contributed by atoms with Gasteiger partial charge in [0.2, 0.25) is 7.44 Å². The number of carbonyl (C=O) groups excluding carboxylic acids is 2. The van der Waals surface area contributed by atoms with Gasteiger partial charge in [-0.3, -0.25) is 19.1 Å². The van der Waals surface area contributed by atoms with Gasteiger partial charge < -0.3 is 19.3 Å². The summed E-state index contributed by atoms with van der Waals surface area (Å²) in [5, 5.41) is 15.4. The molecule has 0 atom stereocenters. The summed E-state index contributed by atoms with van der Waals surface area (Å²) in [5.41, 5.74) is 5.45. The third kappa shape index (κ3) is 8.82. The maximum absolute atomic E-state index is 13.5. The lowest BCUT2D eigenvalue weighted by atomic mass is 9.93. The standard InChI is InChI=1S/C27H40N3O7P/c1-8-35-25(32)14-28-38(34,29-15-26(33)36-9-2)16-37-24-12-18(5)22(19(6)20(24)7)13-21-10-11-23(31)27(30-21)17(3)4/h10-12,17,31H,8-9,13-16H2,1-7H3,(H2,28,29,34). The highest BCUT2D eigenvalue weighted by atomic mass is 31.2. The first-order valence-electron chi connectivity index (χ1n) is 12.7. The van der Waals surface area contributed by atoms with Crippen molar-refractivity contribution in [1.29, 1.82) is 0 Å². The Kier molecular flexibility index (Phi) is 11.8. The summed E-state index contributed by atoms with van der Waals surface area (Å²) in [7, 11) is -3.53. The van der Waals surface area contributed by atoms with Crippen LogP contribution in [0, 0.1) is 20.8 Å². The van der Waals surface area contributed by atoms with E-state index in [2.05, 4.69) is 15.2 Å². The summed E-state index contributed by atoms with van der Waals surface area (Å²) < 4.78 is 29.3. The van der Waals surface area contributed by atoms with Gasteiger partial charge in [0.1, 0.15) is 24.6 Å². The minimum atomic E-state index is -3.53. The Bertz CT molecular complexity index is 1160. The van der Waals surface area contributed by atoms with Gasteiger partial charge in [-0.2, -0.15) is 0 Å². The normalized spacial score (nSPS) is 11.5. The highest BCUT2D eigenvalue weighted by molar-refractivity contribution is 7.59. The van der Waals surface area contributed by atoms with Gasteiger partial charge in [0.25, 0.3) is 0 Å². The van der Waals surface area contributed by atoms with Crippen molar-refractivity contribution in [2.75, 3.05) is 32.7 Å². The molecule has 210 valence electrons. The van der Waals surface area contributed by atoms with Gasteiger partial charge in [0.05, 0.1) is 18.9 Å². The van der Waals surface area contributed by atoms with Crippen molar-refractivity contribution < 1.29 is 33.5 Å². The number of aromatic nitrogens is 1. The Morgan fingerprint density at radius 3 is 2.11 bits per heavy atom. The molecule has 0 unspecified atom stereocenters. The molecule has 11 heteroatoms. The molecule has 10 nitrogen and oxygen atoms in total. The first kappa shape index (κ1) is 31.3. The number of benzene rings is 1. The molecule has 1 aromatic heterocycles. The molecule has 0 aliphatic rings. The minimum absolute atomic E-state index is 0.0974. The fourth-order valence-electron chi connectivity index (χ4n) is 3.85. The first-order chi connectivity index (χ1) is 17.9. The van der Waals surface area contributed by atoms with E-state index < -0.39 is 19.4 Å². The van der Waals surface area contributed by atoms with E-state index in [1.54, 1.807) is 19.9 Å². The van der Waals surface area contributed by atoms with E-state index in [0.29, 0.717) is 17.9 Å². The molecule has 0 saturated heterocycles. The zero-order valence-electron chi connectivity index (χ0n) is 23.3. The van der Waals surface area contributed by atoms with E-state index in [0.717, 1.165) is 27.9 Å². The number of aryl methyl sites for hydroxylation is 1. The average Bonchev–Trinajstić information content (AvgIpc) is 2.87. The molecule has 0 spiro atoms. The zero-order valence-corrected chi connectivity index (χ0v) is 24.2. The molecule has 1 heterocycles. The molecule has 1 aromatic carbocycles. The van der Waals surface area contributed by atoms with Crippen molar-refractivity contribution in [2.45, 2.75) is 60.8 Å². The number of ether oxygens (including phenoxy) is 3. The second kappa shape index (κ2) is 14.3. The number of nitrogens with one attached hydrogen (secondary N) is 2. The van der Waals surface area contributed by atoms with Crippen molar-refractivity contribution in [3.8, 4) is 11.5 Å². The molecule has 2 rings (SSSR count). The van der Waals surface area contributed by atoms with Gasteiger partial charge in [-0.1, -0.05) is 13.8 Å². The van der Waals surface area contributed by atoms with Crippen molar-refractivity contribution in [3.05, 3.63) is 51.8 Å². The molecular weight excluding hydrogens is 509 g/mol. The van der Waals surface area contributed by atoms with Gasteiger partial charge in [-0.15, -0.1) is 0 Å². The topological polar surface area (TPSA) is 136 Å². The van der Waals surface area contributed by atoms with Crippen LogP contribution in [-0.2, 0) is 30.0 Å². The van der Waals surface area contributed by atoms with E-state index in [1.807, 2.05) is 46.8 Å². The van der Waals surface area contributed by atoms with E-state index >= 15 is 0 Å². The van der Waals surface area contributed by atoms with E-state index in [1.165, 1.54) is 0 Å². The van der Waals surface area contributed by atoms with E-state index in [4.69, 9.17) is 14.2 Å². The van der Waals surface area contributed by atoms with Crippen LogP contribution >= 0.6 is 7.44 Å². The molecule has 0 aliphatic carbocycles. The monoisotopic (exact) mass is 549 g/mol. The molecule has 0 saturated carbocycles. The summed E-state index contributed by atoms with van der Waals surface area (Å²) in [6.45, 7) is 13.0. The molecule has 38 heavy (non-hydrogen) atoms. The number of hydrogen-bond acceptors (Lipinski definition) is 8. The lowest BCUT2D eigenvalue weighted by molar-refractivity contribution is -0.142. The van der Waals surface area contributed by atoms with Crippen LogP contribution < -0.4 is 14.9 Å². The highest BCUT2D eigenvalue weighted by Crippen LogP contribution is 2.38. The first-order valence-corrected chi connectivity index (χ1v) is 14.6. The van der Waals surface area contributed by atoms with Gasteiger partial charge in [-0.05, 0) is 81.0 Å². The number of pyridine rings is 1. The fraction of sp³-hybridized carbons (Fsp3) is 0.519. The van der Waals surface area contributed by atoms with E-state index in [9.17, 15) is 19.3 Å². The van der Waals surface area contributed by atoms with Crippen LogP contribution in [0.3, 0.4) is 0 Å². The quantitative estimate of drug-likeness (QED) is 0.232. The van der Waals surface area contributed by atoms with Crippen molar-refractivity contribution in [2.24, 2.45) is 0 Å². The smallest absolute Gasteiger partial charge is 0.320 e. The Morgan fingerprint density at radius 2 is 1.58 bits per heavy atom. The molecule has 0 bridgehead atoms. The van der Waals surface area contributed by atoms with Gasteiger partial charge in [0.15, 0.2) is 6.35 Å². The SMILES string of the molecule is CCOC(=O)CNP(=O)(COc1cc(C)c(Cc2ccc(O)c(C(C)C)n2)c(C)c1C)NCC(=O)OCC. The fourth-order valence-corrected chi connectivity index (χ4v) is 5.24. The van der Waals surface area contributed by atoms with Crippen LogP contribution in [0.4, 0.5) is 0 Å². The van der Waals surface area contributed by atoms with Gasteiger partial charge in [-0.25, -0.2) is 10.2 Å². The predicted octanol–water partition coefficient (Wildman–Crippen LogP) is 4.26. The third-order valence-corrected chi connectivity index (χ3v) is 7.87. The van der Waals surface area contributed by atoms with Crippen molar-refractivity contribution >= 4 is 19.4 Å². The summed E-state index contributed by atoms with van der Waals surface area (Å²) in [5.74, 6) is -0.306. The minimum Gasteiger partial charge on any atom is -0.506 e. The summed E-state index contributed by atoms with van der Waals surface area (Å²) >= 11 is 0. The van der Waals surface area contributed by atoms with Crippen LogP contribution in [0.2, 0.25) is 0 Å². The Labute approximate surface area is 225 Å². The summed E-state index contributed by atoms with van der Waals surface area (Å²) in [4.78, 5) is 28.3. The number of esters is 2. The molecule has 0 aliphatic heterocycles. The van der Waals surface area contributed by atoms with Crippen molar-refractivity contribution in [3.63, 3.8) is 0 Å². The number of rotatable bonds is 14. The Balaban J connectivity index is 2.24. The molecule has 2 aromatic rings. The van der Waals surface area contributed by atoms with Crippen LogP contribution in [-0.4, -0.2) is 54.7 Å². The molecule has 3 N–H and O–H groups in total. The van der Waals surface area contributed by atoms with Crippen LogP contribution in [0.25, 0.3) is 0 Å². The molecule has 0 radical (unpaired) electrons. The molecule has 0 fully saturated rings. The Morgan fingerprint density at radius 1 is 1.00 bits per heavy atom. The average molecular weight is 550 g/mol. The van der Waals surface area contributed by atoms with Gasteiger partial charge in [0, 0.05) is 12.1 Å². The number of carbonyl (C=O) groups is 2. The maximum Gasteiger partial charge on any atom is 0.320 e. The zero-order chi connectivity index (χ0) is 28.5. The lowest BCUT2D eigenvalue weighted by Crippen LogP contribution is -2.34. The highest BCUT2D eigenvalue weighted by Gasteiger charge is 2.26. The molecule has 0 amide bonds. The Hall–Kier alpha value is -2.94. The summed E-state index contributed by atoms with van der Waals surface area (Å²) in [6, 6.07) is 5.37. The maximum atomic E-state index is 13.5. The van der Waals surface area contributed by atoms with E-state index in [-0.39, 0.29) is 44.3 Å². The van der Waals surface area contributed by atoms with Crippen LogP contribution in [0.5, 0.6) is 11.5 Å². The van der Waals surface area contributed by atoms with Crippen LogP contribution in [0.1, 0.15) is 67.3 Å². The molecular formula is C27H40N3O7P. The van der Waals surface area contributed by atoms with Gasteiger partial charge >= 0.3 is 11.9 Å².